The molecule has 0 spiro atoms. The first-order valence-electron chi connectivity index (χ1n) is 5.81. The number of rotatable bonds is 4. The minimum absolute atomic E-state index is 0.0551. The molecule has 22 heavy (non-hydrogen) atoms. The second kappa shape index (κ2) is 6.42. The molecule has 0 saturated heterocycles. The first-order valence-corrected chi connectivity index (χ1v) is 8.55. The molecule has 5 nitrogen and oxygen atoms in total. The monoisotopic (exact) mass is 379 g/mol. The van der Waals surface area contributed by atoms with Crippen LogP contribution in [0.2, 0.25) is 10.0 Å². The Balaban J connectivity index is 2.64. The molecule has 0 N–H and O–H groups in total. The predicted octanol–water partition coefficient (Wildman–Crippen LogP) is 4.61. The van der Waals surface area contributed by atoms with Gasteiger partial charge in [0.2, 0.25) is 0 Å². The third-order valence-electron chi connectivity index (χ3n) is 2.83. The summed E-state index contributed by atoms with van der Waals surface area (Å²) in [5.41, 5.74) is -0.849. The summed E-state index contributed by atoms with van der Waals surface area (Å²) in [6, 6.07) is 9.67. The van der Waals surface area contributed by atoms with Gasteiger partial charge in [-0.1, -0.05) is 53.0 Å². The molecule has 0 heterocycles. The van der Waals surface area contributed by atoms with Gasteiger partial charge < -0.3 is 0 Å². The molecule has 2 aromatic carbocycles. The molecule has 1 unspecified atom stereocenters. The lowest BCUT2D eigenvalue weighted by Crippen LogP contribution is -2.11. The van der Waals surface area contributed by atoms with Crippen molar-refractivity contribution in [2.75, 3.05) is 0 Å². The third kappa shape index (κ3) is 3.20. The molecule has 1 atom stereocenters. The fourth-order valence-electron chi connectivity index (χ4n) is 1.85. The maximum absolute atomic E-state index is 12.5. The molecule has 0 amide bonds. The van der Waals surface area contributed by atoms with Gasteiger partial charge >= 0.3 is 0 Å². The summed E-state index contributed by atoms with van der Waals surface area (Å²) in [7, 11) is -4.04. The summed E-state index contributed by atoms with van der Waals surface area (Å²) < 4.78 is 23.3. The van der Waals surface area contributed by atoms with E-state index in [9.17, 15) is 18.5 Å². The Morgan fingerprint density at radius 1 is 1.09 bits per heavy atom. The molecule has 0 aromatic heterocycles. The van der Waals surface area contributed by atoms with E-state index in [0.29, 0.717) is 0 Å². The van der Waals surface area contributed by atoms with E-state index in [4.69, 9.17) is 34.8 Å². The zero-order chi connectivity index (χ0) is 16.5. The molecule has 0 aliphatic carbocycles. The van der Waals surface area contributed by atoms with E-state index in [1.165, 1.54) is 24.3 Å². The van der Waals surface area contributed by atoms with Crippen LogP contribution in [-0.4, -0.2) is 13.3 Å². The smallest absolute Gasteiger partial charge is 0.258 e. The van der Waals surface area contributed by atoms with Crippen LogP contribution in [0.4, 0.5) is 5.69 Å². The Hall–Kier alpha value is -1.34. The topological polar surface area (TPSA) is 77.3 Å². The van der Waals surface area contributed by atoms with Gasteiger partial charge in [0.15, 0.2) is 14.5 Å². The van der Waals surface area contributed by atoms with E-state index >= 15 is 0 Å². The Kier molecular flexibility index (Phi) is 4.97. The number of halogens is 3. The first-order chi connectivity index (χ1) is 10.2. The molecule has 0 radical (unpaired) electrons. The molecule has 0 aliphatic heterocycles. The Morgan fingerprint density at radius 2 is 1.68 bits per heavy atom. The van der Waals surface area contributed by atoms with Gasteiger partial charge in [-0.2, -0.15) is 0 Å². The SMILES string of the molecule is O=[N+]([O-])c1c(Cl)cc(Cl)cc1C(Cl)S(=O)(=O)c1ccccc1. The highest BCUT2D eigenvalue weighted by Gasteiger charge is 2.34. The minimum Gasteiger partial charge on any atom is -0.258 e. The maximum Gasteiger partial charge on any atom is 0.293 e. The first kappa shape index (κ1) is 17.0. The van der Waals surface area contributed by atoms with Gasteiger partial charge in [-0.15, -0.1) is 0 Å². The molecule has 2 aromatic rings. The van der Waals surface area contributed by atoms with Crippen LogP contribution in [0.25, 0.3) is 0 Å². The predicted molar refractivity (Wildman–Crippen MR) is 85.3 cm³/mol. The van der Waals surface area contributed by atoms with Crippen molar-refractivity contribution < 1.29 is 13.3 Å². The van der Waals surface area contributed by atoms with Crippen molar-refractivity contribution in [3.8, 4) is 0 Å². The molecule has 0 bridgehead atoms. The fourth-order valence-corrected chi connectivity index (χ4v) is 4.19. The number of hydrogen-bond donors (Lipinski definition) is 0. The minimum atomic E-state index is -4.04. The second-order valence-electron chi connectivity index (χ2n) is 4.26. The number of nitro groups is 1. The van der Waals surface area contributed by atoms with Crippen molar-refractivity contribution in [2.45, 2.75) is 9.60 Å². The van der Waals surface area contributed by atoms with Crippen LogP contribution in [0.3, 0.4) is 0 Å². The highest BCUT2D eigenvalue weighted by Crippen LogP contribution is 2.42. The van der Waals surface area contributed by atoms with Crippen molar-refractivity contribution in [1.82, 2.24) is 0 Å². The lowest BCUT2D eigenvalue weighted by Gasteiger charge is -2.13. The van der Waals surface area contributed by atoms with Crippen molar-refractivity contribution in [3.05, 3.63) is 68.2 Å². The molecule has 0 fully saturated rings. The average molecular weight is 381 g/mol. The van der Waals surface area contributed by atoms with Crippen LogP contribution < -0.4 is 0 Å². The quantitative estimate of drug-likeness (QED) is 0.441. The van der Waals surface area contributed by atoms with E-state index in [1.54, 1.807) is 6.07 Å². The second-order valence-corrected chi connectivity index (χ2v) is 7.83. The van der Waals surface area contributed by atoms with Crippen molar-refractivity contribution in [2.24, 2.45) is 0 Å². The van der Waals surface area contributed by atoms with Gasteiger partial charge in [-0.3, -0.25) is 10.1 Å². The van der Waals surface area contributed by atoms with Crippen LogP contribution in [0, 0.1) is 10.1 Å². The van der Waals surface area contributed by atoms with E-state index in [0.717, 1.165) is 12.1 Å². The summed E-state index contributed by atoms with van der Waals surface area (Å²) >= 11 is 17.6. The Morgan fingerprint density at radius 3 is 2.23 bits per heavy atom. The van der Waals surface area contributed by atoms with Crippen LogP contribution in [0.1, 0.15) is 10.3 Å². The highest BCUT2D eigenvalue weighted by atomic mass is 35.5. The number of nitrogens with zero attached hydrogens (tertiary/aromatic N) is 1. The molecule has 116 valence electrons. The summed E-state index contributed by atoms with van der Waals surface area (Å²) in [4.78, 5) is 10.3. The third-order valence-corrected chi connectivity index (χ3v) is 6.00. The number of sulfone groups is 1. The van der Waals surface area contributed by atoms with Gasteiger partial charge in [0.25, 0.3) is 5.69 Å². The lowest BCUT2D eigenvalue weighted by atomic mass is 10.2. The number of hydrogen-bond acceptors (Lipinski definition) is 4. The largest absolute Gasteiger partial charge is 0.293 e. The molecule has 2 rings (SSSR count). The van der Waals surface area contributed by atoms with Crippen molar-refractivity contribution >= 4 is 50.3 Å². The summed E-state index contributed by atoms with van der Waals surface area (Å²) in [6.07, 6.45) is 0. The van der Waals surface area contributed by atoms with E-state index in [-0.39, 0.29) is 20.5 Å². The molecular formula is C13H8Cl3NO4S. The van der Waals surface area contributed by atoms with E-state index < -0.39 is 25.2 Å². The highest BCUT2D eigenvalue weighted by molar-refractivity contribution is 7.92. The van der Waals surface area contributed by atoms with Crippen LogP contribution in [-0.2, 0) is 9.84 Å². The number of benzene rings is 2. The lowest BCUT2D eigenvalue weighted by molar-refractivity contribution is -0.385. The average Bonchev–Trinajstić information content (AvgIpc) is 2.46. The van der Waals surface area contributed by atoms with Gasteiger partial charge in [-0.05, 0) is 24.3 Å². The summed E-state index contributed by atoms with van der Waals surface area (Å²) in [6.45, 7) is 0. The summed E-state index contributed by atoms with van der Waals surface area (Å²) in [5, 5.41) is 10.9. The fraction of sp³-hybridized carbons (Fsp3) is 0.0769. The van der Waals surface area contributed by atoms with Crippen LogP contribution in [0.15, 0.2) is 47.4 Å². The zero-order valence-corrected chi connectivity index (χ0v) is 13.8. The van der Waals surface area contributed by atoms with Crippen molar-refractivity contribution in [1.29, 1.82) is 0 Å². The number of alkyl halides is 1. The molecular weight excluding hydrogens is 373 g/mol. The van der Waals surface area contributed by atoms with Gasteiger partial charge in [0.1, 0.15) is 5.02 Å². The van der Waals surface area contributed by atoms with Crippen LogP contribution in [0.5, 0.6) is 0 Å². The molecule has 0 saturated carbocycles. The maximum atomic E-state index is 12.5. The van der Waals surface area contributed by atoms with Gasteiger partial charge in [-0.25, -0.2) is 8.42 Å². The van der Waals surface area contributed by atoms with Gasteiger partial charge in [0.05, 0.1) is 15.4 Å². The number of nitro benzene ring substituents is 1. The van der Waals surface area contributed by atoms with E-state index in [2.05, 4.69) is 0 Å². The Bertz CT molecular complexity index is 825. The van der Waals surface area contributed by atoms with Gasteiger partial charge in [0, 0.05) is 5.02 Å². The Labute approximate surface area is 141 Å². The normalized spacial score (nSPS) is 12.9. The standard InChI is InChI=1S/C13H8Cl3NO4S/c14-8-6-10(12(17(18)19)11(15)7-8)13(16)22(20,21)9-4-2-1-3-5-9/h1-7,13H. The zero-order valence-electron chi connectivity index (χ0n) is 10.7. The van der Waals surface area contributed by atoms with E-state index in [1.807, 2.05) is 0 Å². The summed E-state index contributed by atoms with van der Waals surface area (Å²) in [5.74, 6) is 0. The van der Waals surface area contributed by atoms with Crippen LogP contribution >= 0.6 is 34.8 Å². The van der Waals surface area contributed by atoms with Crippen molar-refractivity contribution in [3.63, 3.8) is 0 Å². The molecule has 9 heteroatoms. The molecule has 0 aliphatic rings.